The van der Waals surface area contributed by atoms with E-state index in [1.807, 2.05) is 0 Å². The minimum absolute atomic E-state index is 0. The maximum atomic E-state index is 13.5. The Labute approximate surface area is 133 Å². The molecule has 1 fully saturated rings. The van der Waals surface area contributed by atoms with E-state index in [0.717, 1.165) is 38.3 Å². The van der Waals surface area contributed by atoms with E-state index in [1.165, 1.54) is 0 Å². The fraction of sp³-hybridized carbons (Fsp3) is 0.462. The van der Waals surface area contributed by atoms with Crippen LogP contribution in [0.15, 0.2) is 12.1 Å². The summed E-state index contributed by atoms with van der Waals surface area (Å²) in [6.45, 7) is 4.75. The summed E-state index contributed by atoms with van der Waals surface area (Å²) in [7, 11) is 0. The molecule has 4 nitrogen and oxygen atoms in total. The summed E-state index contributed by atoms with van der Waals surface area (Å²) in [6.07, 6.45) is 0. The van der Waals surface area contributed by atoms with Crippen molar-refractivity contribution in [3.8, 4) is 0 Å². The van der Waals surface area contributed by atoms with Crippen molar-refractivity contribution in [2.24, 2.45) is 0 Å². The van der Waals surface area contributed by atoms with Crippen molar-refractivity contribution >= 4 is 29.9 Å². The van der Waals surface area contributed by atoms with Gasteiger partial charge in [-0.25, -0.2) is 8.78 Å². The summed E-state index contributed by atoms with van der Waals surface area (Å²) in [5.74, 6) is -2.26. The average molecular weight is 340 g/mol. The van der Waals surface area contributed by atoms with Crippen molar-refractivity contribution < 1.29 is 13.6 Å². The van der Waals surface area contributed by atoms with Crippen LogP contribution in [0.4, 0.5) is 8.78 Å². The molecule has 0 unspecified atom stereocenters. The first kappa shape index (κ1) is 18.1. The number of rotatable bonds is 4. The van der Waals surface area contributed by atoms with Gasteiger partial charge in [-0.05, 0) is 12.1 Å². The molecule has 21 heavy (non-hydrogen) atoms. The summed E-state index contributed by atoms with van der Waals surface area (Å²) in [5.41, 5.74) is -0.327. The van der Waals surface area contributed by atoms with Crippen molar-refractivity contribution in [2.45, 2.75) is 0 Å². The van der Waals surface area contributed by atoms with Crippen LogP contribution in [0.1, 0.15) is 10.4 Å². The molecule has 1 aliphatic rings. The summed E-state index contributed by atoms with van der Waals surface area (Å²) in [5, 5.41) is 5.48. The van der Waals surface area contributed by atoms with Crippen molar-refractivity contribution in [1.82, 2.24) is 15.5 Å². The zero-order valence-corrected chi connectivity index (χ0v) is 12.9. The molecular formula is C13H17Cl2F2N3O. The molecule has 1 aromatic rings. The number of piperazine rings is 1. The van der Waals surface area contributed by atoms with Gasteiger partial charge in [0.15, 0.2) is 0 Å². The monoisotopic (exact) mass is 339 g/mol. The molecule has 0 radical (unpaired) electrons. The molecule has 8 heteroatoms. The highest BCUT2D eigenvalue weighted by Gasteiger charge is 2.16. The standard InChI is InChI=1S/C13H16ClF2N3O.ClH/c14-10-8-11(15)9(7-12(10)16)13(20)18-3-6-19-4-1-17-2-5-19;/h7-8,17H,1-6H2,(H,18,20);1H. The Bertz CT molecular complexity index is 497. The number of hydrogen-bond donors (Lipinski definition) is 2. The Morgan fingerprint density at radius 3 is 2.62 bits per heavy atom. The largest absolute Gasteiger partial charge is 0.351 e. The van der Waals surface area contributed by atoms with Crippen LogP contribution in [0.5, 0.6) is 0 Å². The molecule has 0 saturated carbocycles. The number of halogens is 4. The van der Waals surface area contributed by atoms with Gasteiger partial charge in [0, 0.05) is 39.3 Å². The minimum Gasteiger partial charge on any atom is -0.351 e. The SMILES string of the molecule is Cl.O=C(NCCN1CCNCC1)c1cc(F)c(Cl)cc1F. The zero-order valence-electron chi connectivity index (χ0n) is 11.3. The predicted octanol–water partition coefficient (Wildman–Crippen LogP) is 1.68. The number of amides is 1. The number of nitrogens with one attached hydrogen (secondary N) is 2. The second kappa shape index (κ2) is 8.48. The van der Waals surface area contributed by atoms with Crippen molar-refractivity contribution in [2.75, 3.05) is 39.3 Å². The van der Waals surface area contributed by atoms with Gasteiger partial charge in [0.25, 0.3) is 5.91 Å². The molecule has 118 valence electrons. The average Bonchev–Trinajstić information content (AvgIpc) is 2.44. The molecular weight excluding hydrogens is 323 g/mol. The van der Waals surface area contributed by atoms with Crippen LogP contribution in [0.25, 0.3) is 0 Å². The number of carbonyl (C=O) groups excluding carboxylic acids is 1. The maximum Gasteiger partial charge on any atom is 0.254 e. The summed E-state index contributed by atoms with van der Waals surface area (Å²) < 4.78 is 26.8. The van der Waals surface area contributed by atoms with Gasteiger partial charge in [0.05, 0.1) is 10.6 Å². The number of carbonyl (C=O) groups is 1. The molecule has 1 heterocycles. The van der Waals surface area contributed by atoms with Gasteiger partial charge in [0.1, 0.15) is 11.6 Å². The Hall–Kier alpha value is -0.950. The van der Waals surface area contributed by atoms with Gasteiger partial charge in [-0.2, -0.15) is 0 Å². The highest BCUT2D eigenvalue weighted by Crippen LogP contribution is 2.19. The van der Waals surface area contributed by atoms with E-state index in [0.29, 0.717) is 13.1 Å². The molecule has 1 amide bonds. The topological polar surface area (TPSA) is 44.4 Å². The third-order valence-corrected chi connectivity index (χ3v) is 3.47. The van der Waals surface area contributed by atoms with E-state index in [9.17, 15) is 13.6 Å². The molecule has 0 aromatic heterocycles. The lowest BCUT2D eigenvalue weighted by Crippen LogP contribution is -2.46. The van der Waals surface area contributed by atoms with E-state index in [2.05, 4.69) is 15.5 Å². The molecule has 0 bridgehead atoms. The van der Waals surface area contributed by atoms with E-state index in [1.54, 1.807) is 0 Å². The smallest absolute Gasteiger partial charge is 0.254 e. The number of benzene rings is 1. The normalized spacial score (nSPS) is 15.4. The van der Waals surface area contributed by atoms with Crippen LogP contribution in [0.3, 0.4) is 0 Å². The van der Waals surface area contributed by atoms with Gasteiger partial charge in [-0.3, -0.25) is 9.69 Å². The minimum atomic E-state index is -0.823. The van der Waals surface area contributed by atoms with Gasteiger partial charge in [-0.15, -0.1) is 12.4 Å². The third kappa shape index (κ3) is 5.07. The van der Waals surface area contributed by atoms with Gasteiger partial charge < -0.3 is 10.6 Å². The first-order valence-corrected chi connectivity index (χ1v) is 6.81. The van der Waals surface area contributed by atoms with E-state index in [4.69, 9.17) is 11.6 Å². The van der Waals surface area contributed by atoms with Crippen molar-refractivity contribution in [3.05, 3.63) is 34.4 Å². The van der Waals surface area contributed by atoms with Crippen molar-refractivity contribution in [1.29, 1.82) is 0 Å². The lowest BCUT2D eigenvalue weighted by atomic mass is 10.2. The molecule has 2 N–H and O–H groups in total. The fourth-order valence-corrected chi connectivity index (χ4v) is 2.20. The summed E-state index contributed by atoms with van der Waals surface area (Å²) >= 11 is 5.44. The Balaban J connectivity index is 0.00000220. The molecule has 2 rings (SSSR count). The number of nitrogens with zero attached hydrogens (tertiary/aromatic N) is 1. The van der Waals surface area contributed by atoms with Crippen LogP contribution in [0.2, 0.25) is 5.02 Å². The first-order chi connectivity index (χ1) is 9.58. The summed E-state index contributed by atoms with van der Waals surface area (Å²) in [6, 6.07) is 1.62. The van der Waals surface area contributed by atoms with Gasteiger partial charge >= 0.3 is 0 Å². The Morgan fingerprint density at radius 2 is 1.95 bits per heavy atom. The molecule has 1 saturated heterocycles. The molecule has 0 spiro atoms. The van der Waals surface area contributed by atoms with E-state index < -0.39 is 17.5 Å². The molecule has 0 aliphatic carbocycles. The molecule has 0 atom stereocenters. The first-order valence-electron chi connectivity index (χ1n) is 6.44. The van der Waals surface area contributed by atoms with E-state index >= 15 is 0 Å². The van der Waals surface area contributed by atoms with Crippen molar-refractivity contribution in [3.63, 3.8) is 0 Å². The quantitative estimate of drug-likeness (QED) is 0.820. The maximum absolute atomic E-state index is 13.5. The van der Waals surface area contributed by atoms with Crippen LogP contribution < -0.4 is 10.6 Å². The van der Waals surface area contributed by atoms with Crippen LogP contribution in [-0.4, -0.2) is 50.1 Å². The third-order valence-electron chi connectivity index (χ3n) is 3.18. The fourth-order valence-electron chi connectivity index (χ4n) is 2.05. The number of hydrogen-bond acceptors (Lipinski definition) is 3. The lowest BCUT2D eigenvalue weighted by Gasteiger charge is -2.27. The lowest BCUT2D eigenvalue weighted by molar-refractivity contribution is 0.0942. The summed E-state index contributed by atoms with van der Waals surface area (Å²) in [4.78, 5) is 14.0. The molecule has 1 aliphatic heterocycles. The van der Waals surface area contributed by atoms with Crippen LogP contribution in [0, 0.1) is 11.6 Å². The Morgan fingerprint density at radius 1 is 1.29 bits per heavy atom. The molecule has 1 aromatic carbocycles. The van der Waals surface area contributed by atoms with Gasteiger partial charge in [-0.1, -0.05) is 11.6 Å². The van der Waals surface area contributed by atoms with Gasteiger partial charge in [0.2, 0.25) is 0 Å². The second-order valence-electron chi connectivity index (χ2n) is 4.59. The van der Waals surface area contributed by atoms with Crippen LogP contribution >= 0.6 is 24.0 Å². The zero-order chi connectivity index (χ0) is 14.5. The van der Waals surface area contributed by atoms with Crippen LogP contribution in [-0.2, 0) is 0 Å². The predicted molar refractivity (Wildman–Crippen MR) is 80.3 cm³/mol. The highest BCUT2D eigenvalue weighted by molar-refractivity contribution is 6.30. The Kier molecular flexibility index (Phi) is 7.31. The second-order valence-corrected chi connectivity index (χ2v) is 5.00. The highest BCUT2D eigenvalue weighted by atomic mass is 35.5. The van der Waals surface area contributed by atoms with E-state index in [-0.39, 0.29) is 23.0 Å².